The van der Waals surface area contributed by atoms with E-state index in [9.17, 15) is 26.3 Å². The van der Waals surface area contributed by atoms with Gasteiger partial charge in [-0.2, -0.15) is 26.3 Å². The Hall–Kier alpha value is -4.81. The molecule has 0 bridgehead atoms. The first-order chi connectivity index (χ1) is 31.8. The SMILES string of the molecule is CCOCC.O=S(=O)([O-])C(F)(F)F.O=S(=O)([O-])C(F)(F)F.[Pt+2].c1ccc([PH+](c2ccccc2)c2ccc3ccccc3c2-c2c([PH+](c3ccccc3)c3ccccc3)ccc3ccccc23)cc1. The third-order valence-electron chi connectivity index (χ3n) is 9.87. The molecule has 0 aliphatic rings. The second-order valence-electron chi connectivity index (χ2n) is 14.2. The Balaban J connectivity index is 0.000000384. The Morgan fingerprint density at radius 3 is 0.868 bits per heavy atom. The third-order valence-corrected chi connectivity index (χ3v) is 16.6. The van der Waals surface area contributed by atoms with Crippen molar-refractivity contribution in [2.75, 3.05) is 13.2 Å². The molecule has 18 heteroatoms. The van der Waals surface area contributed by atoms with Crippen molar-refractivity contribution < 1.29 is 78.1 Å². The molecule has 0 spiro atoms. The van der Waals surface area contributed by atoms with Crippen molar-refractivity contribution in [3.05, 3.63) is 194 Å². The molecule has 8 aromatic rings. The molecule has 0 amide bonds. The summed E-state index contributed by atoms with van der Waals surface area (Å²) in [5.74, 6) is 0. The first-order valence-corrected chi connectivity index (χ1v) is 26.2. The first kappa shape index (κ1) is 55.8. The van der Waals surface area contributed by atoms with Gasteiger partial charge in [0.2, 0.25) is 0 Å². The standard InChI is InChI=1S/C44H32P2.C4H10O.2CHF3O3S.Pt/c1-5-19-35(20-6-1)45(36-21-7-2-8-22-36)41-31-29-33-17-13-15-27-39(33)43(41)44-40-28-16-14-18-34(40)30-32-42(44)46(37-23-9-3-10-24-37)38-25-11-4-12-26-38;1-3-5-4-2;2*2-1(3,4)8(5,6)7;/h1-32H;3-4H2,1-2H3;2*(H,5,6,7);/q;;;;+2. The summed E-state index contributed by atoms with van der Waals surface area (Å²) in [6.07, 6.45) is 0. The summed E-state index contributed by atoms with van der Waals surface area (Å²) >= 11 is 0. The predicted molar refractivity (Wildman–Crippen MR) is 261 cm³/mol. The molecule has 0 saturated heterocycles. The molecule has 8 aromatic carbocycles. The molecule has 0 saturated carbocycles. The van der Waals surface area contributed by atoms with Crippen molar-refractivity contribution >= 4 is 89.5 Å². The number of hydrogen-bond acceptors (Lipinski definition) is 7. The number of rotatable bonds is 9. The van der Waals surface area contributed by atoms with Crippen LogP contribution in [0.3, 0.4) is 0 Å². The van der Waals surface area contributed by atoms with Crippen molar-refractivity contribution in [3.8, 4) is 11.1 Å². The molecule has 8 rings (SSSR count). The van der Waals surface area contributed by atoms with Crippen LogP contribution in [0.1, 0.15) is 13.8 Å². The molecule has 0 heterocycles. The van der Waals surface area contributed by atoms with Gasteiger partial charge in [0.1, 0.15) is 31.8 Å². The average Bonchev–Trinajstić information content (AvgIpc) is 3.30. The zero-order valence-corrected chi connectivity index (χ0v) is 42.1. The summed E-state index contributed by atoms with van der Waals surface area (Å²) in [4.78, 5) is 0. The number of fused-ring (bicyclic) bond motifs is 2. The van der Waals surface area contributed by atoms with Gasteiger partial charge in [0.15, 0.2) is 20.2 Å². The quantitative estimate of drug-likeness (QED) is 0.0611. The molecule has 68 heavy (non-hydrogen) atoms. The summed E-state index contributed by atoms with van der Waals surface area (Å²) in [7, 11) is -14.9. The van der Waals surface area contributed by atoms with Gasteiger partial charge in [-0.3, -0.25) is 0 Å². The van der Waals surface area contributed by atoms with E-state index in [0.29, 0.717) is 0 Å². The fraction of sp³-hybridized carbons (Fsp3) is 0.120. The second-order valence-corrected chi connectivity index (χ2v) is 21.8. The third kappa shape index (κ3) is 14.6. The van der Waals surface area contributed by atoms with Gasteiger partial charge in [-0.1, -0.05) is 133 Å². The molecule has 0 unspecified atom stereocenters. The largest absolute Gasteiger partial charge is 2.00 e. The average molecular weight is 1190 g/mol. The Morgan fingerprint density at radius 1 is 0.412 bits per heavy atom. The van der Waals surface area contributed by atoms with E-state index < -0.39 is 47.1 Å². The van der Waals surface area contributed by atoms with Crippen molar-refractivity contribution in [1.82, 2.24) is 0 Å². The van der Waals surface area contributed by atoms with Gasteiger partial charge in [-0.15, -0.1) is 0 Å². The minimum Gasteiger partial charge on any atom is -0.741 e. The van der Waals surface area contributed by atoms with Crippen LogP contribution in [0.25, 0.3) is 32.7 Å². The molecule has 0 N–H and O–H groups in total. The van der Waals surface area contributed by atoms with Crippen molar-refractivity contribution in [3.63, 3.8) is 0 Å². The van der Waals surface area contributed by atoms with Crippen LogP contribution in [0, 0.1) is 0 Å². The molecule has 0 radical (unpaired) electrons. The van der Waals surface area contributed by atoms with Gasteiger partial charge in [0.05, 0.1) is 15.8 Å². The van der Waals surface area contributed by atoms with Gasteiger partial charge in [0, 0.05) is 24.3 Å². The Labute approximate surface area is 408 Å². The smallest absolute Gasteiger partial charge is 0.741 e. The summed E-state index contributed by atoms with van der Waals surface area (Å²) in [5.41, 5.74) is -8.54. The van der Waals surface area contributed by atoms with E-state index in [1.54, 1.807) is 0 Å². The van der Waals surface area contributed by atoms with E-state index in [1.807, 2.05) is 13.8 Å². The summed E-state index contributed by atoms with van der Waals surface area (Å²) < 4.78 is 123. The zero-order chi connectivity index (χ0) is 48.8. The molecule has 0 fully saturated rings. The molecule has 0 atom stereocenters. The number of hydrogen-bond donors (Lipinski definition) is 0. The van der Waals surface area contributed by atoms with E-state index in [4.69, 9.17) is 30.7 Å². The number of benzene rings is 8. The van der Waals surface area contributed by atoms with Gasteiger partial charge in [0.25, 0.3) is 0 Å². The van der Waals surface area contributed by atoms with Gasteiger partial charge >= 0.3 is 32.1 Å². The van der Waals surface area contributed by atoms with Crippen LogP contribution in [0.15, 0.2) is 194 Å². The molecular weight excluding hydrogens is 1150 g/mol. The number of ether oxygens (including phenoxy) is 1. The van der Waals surface area contributed by atoms with Crippen LogP contribution in [0.5, 0.6) is 0 Å². The summed E-state index contributed by atoms with van der Waals surface area (Å²) in [6.45, 7) is 5.67. The van der Waals surface area contributed by atoms with Gasteiger partial charge < -0.3 is 13.8 Å². The monoisotopic (exact) mass is 1190 g/mol. The maximum Gasteiger partial charge on any atom is 2.00 e. The van der Waals surface area contributed by atoms with Crippen molar-refractivity contribution in [2.24, 2.45) is 0 Å². The van der Waals surface area contributed by atoms with E-state index in [0.717, 1.165) is 13.2 Å². The van der Waals surface area contributed by atoms with Crippen LogP contribution in [-0.2, 0) is 46.0 Å². The zero-order valence-electron chi connectivity index (χ0n) is 36.1. The predicted octanol–water partition coefficient (Wildman–Crippen LogP) is 9.78. The van der Waals surface area contributed by atoms with E-state index >= 15 is 0 Å². The number of alkyl halides is 6. The molecule has 7 nitrogen and oxygen atoms in total. The molecule has 0 aliphatic carbocycles. The number of halogens is 6. The summed E-state index contributed by atoms with van der Waals surface area (Å²) in [5, 5.41) is 13.6. The van der Waals surface area contributed by atoms with Crippen molar-refractivity contribution in [2.45, 2.75) is 24.9 Å². The van der Waals surface area contributed by atoms with E-state index in [1.165, 1.54) is 64.5 Å². The van der Waals surface area contributed by atoms with Crippen LogP contribution < -0.4 is 31.8 Å². The van der Waals surface area contributed by atoms with Gasteiger partial charge in [-0.25, -0.2) is 16.8 Å². The van der Waals surface area contributed by atoms with Crippen LogP contribution in [0.2, 0.25) is 0 Å². The van der Waals surface area contributed by atoms with Crippen LogP contribution in [0.4, 0.5) is 26.3 Å². The van der Waals surface area contributed by atoms with E-state index in [2.05, 4.69) is 194 Å². The fourth-order valence-corrected chi connectivity index (χ4v) is 12.6. The maximum absolute atomic E-state index is 10.7. The molecule has 0 aliphatic heterocycles. The first-order valence-electron chi connectivity index (χ1n) is 20.4. The minimum atomic E-state index is -6.09. The maximum atomic E-state index is 10.7. The Morgan fingerprint density at radius 2 is 0.647 bits per heavy atom. The summed E-state index contributed by atoms with van der Waals surface area (Å²) in [6, 6.07) is 72.2. The molecule has 0 aromatic heterocycles. The Kier molecular flexibility index (Phi) is 20.6. The normalized spacial score (nSPS) is 11.6. The molecule has 358 valence electrons. The van der Waals surface area contributed by atoms with E-state index in [-0.39, 0.29) is 21.1 Å². The minimum absolute atomic E-state index is 0. The van der Waals surface area contributed by atoms with Crippen molar-refractivity contribution in [1.29, 1.82) is 0 Å². The fourth-order valence-electron chi connectivity index (χ4n) is 7.08. The van der Waals surface area contributed by atoms with Crippen LogP contribution >= 0.6 is 15.8 Å². The van der Waals surface area contributed by atoms with Crippen LogP contribution in [-0.4, -0.2) is 50.2 Å². The van der Waals surface area contributed by atoms with Gasteiger partial charge in [-0.05, 0) is 96.1 Å². The topological polar surface area (TPSA) is 124 Å². The molecular formula is C50H44F6O7P2PtS2+2. The Bertz CT molecular complexity index is 2780. The second kappa shape index (κ2) is 25.2.